The Hall–Kier alpha value is -2.50. The van der Waals surface area contributed by atoms with E-state index in [1.165, 1.54) is 0 Å². The predicted molar refractivity (Wildman–Crippen MR) is 77.4 cm³/mol. The molecule has 0 aromatic heterocycles. The highest BCUT2D eigenvalue weighted by molar-refractivity contribution is 5.84. The molecule has 0 spiro atoms. The molecular weight excluding hydrogens is 258 g/mol. The van der Waals surface area contributed by atoms with Crippen LogP contribution in [0.4, 0.5) is 5.69 Å². The van der Waals surface area contributed by atoms with E-state index >= 15 is 0 Å². The fourth-order valence-corrected chi connectivity index (χ4v) is 1.44. The molecule has 20 heavy (non-hydrogen) atoms. The third-order valence-electron chi connectivity index (χ3n) is 2.43. The molecule has 6 nitrogen and oxygen atoms in total. The topological polar surface area (TPSA) is 93.4 Å². The second kappa shape index (κ2) is 7.83. The van der Waals surface area contributed by atoms with Crippen molar-refractivity contribution in [3.05, 3.63) is 36.9 Å². The summed E-state index contributed by atoms with van der Waals surface area (Å²) in [6.07, 6.45) is 1.62. The number of amides is 2. The van der Waals surface area contributed by atoms with Crippen LogP contribution in [-0.4, -0.2) is 31.0 Å². The first kappa shape index (κ1) is 15.6. The molecule has 0 aliphatic carbocycles. The van der Waals surface area contributed by atoms with Gasteiger partial charge in [0, 0.05) is 12.2 Å². The van der Waals surface area contributed by atoms with E-state index in [0.29, 0.717) is 12.3 Å². The zero-order chi connectivity index (χ0) is 15.0. The first-order valence-corrected chi connectivity index (χ1v) is 6.19. The summed E-state index contributed by atoms with van der Waals surface area (Å²) in [4.78, 5) is 22.2. The van der Waals surface area contributed by atoms with Gasteiger partial charge in [-0.25, -0.2) is 0 Å². The number of anilines is 1. The molecule has 0 heterocycles. The lowest BCUT2D eigenvalue weighted by molar-refractivity contribution is -0.121. The van der Waals surface area contributed by atoms with Crippen LogP contribution in [0.25, 0.3) is 0 Å². The van der Waals surface area contributed by atoms with Gasteiger partial charge in [-0.15, -0.1) is 6.58 Å². The molecule has 1 rings (SSSR count). The van der Waals surface area contributed by atoms with Gasteiger partial charge in [0.1, 0.15) is 11.8 Å². The van der Waals surface area contributed by atoms with E-state index < -0.39 is 5.91 Å². The van der Waals surface area contributed by atoms with Gasteiger partial charge >= 0.3 is 0 Å². The minimum atomic E-state index is -0.528. The number of hydrogen-bond donors (Lipinski definition) is 3. The average molecular weight is 277 g/mol. The lowest BCUT2D eigenvalue weighted by Crippen LogP contribution is -2.37. The lowest BCUT2D eigenvalue weighted by Gasteiger charge is -2.15. The molecule has 1 aromatic carbocycles. The first-order chi connectivity index (χ1) is 9.52. The van der Waals surface area contributed by atoms with Crippen LogP contribution >= 0.6 is 0 Å². The van der Waals surface area contributed by atoms with Crippen molar-refractivity contribution in [3.63, 3.8) is 0 Å². The second-order valence-electron chi connectivity index (χ2n) is 4.18. The summed E-state index contributed by atoms with van der Waals surface area (Å²) in [6, 6.07) is 6.54. The van der Waals surface area contributed by atoms with E-state index in [1.54, 1.807) is 37.3 Å². The van der Waals surface area contributed by atoms with Gasteiger partial charge in [-0.05, 0) is 31.2 Å². The minimum Gasteiger partial charge on any atom is -0.484 e. The Bertz CT molecular complexity index is 471. The summed E-state index contributed by atoms with van der Waals surface area (Å²) >= 11 is 0. The number of hydrogen-bond acceptors (Lipinski definition) is 4. The Kier molecular flexibility index (Phi) is 6.09. The van der Waals surface area contributed by atoms with Crippen LogP contribution in [0.1, 0.15) is 6.92 Å². The first-order valence-electron chi connectivity index (χ1n) is 6.19. The molecule has 0 saturated carbocycles. The Balaban J connectivity index is 2.50. The average Bonchev–Trinajstić information content (AvgIpc) is 2.43. The van der Waals surface area contributed by atoms with Crippen molar-refractivity contribution in [2.24, 2.45) is 5.73 Å². The number of benzene rings is 1. The van der Waals surface area contributed by atoms with Crippen LogP contribution < -0.4 is 21.1 Å². The Morgan fingerprint density at radius 2 is 2.05 bits per heavy atom. The fourth-order valence-electron chi connectivity index (χ4n) is 1.44. The van der Waals surface area contributed by atoms with Crippen molar-refractivity contribution < 1.29 is 14.3 Å². The molecule has 0 aliphatic heterocycles. The van der Waals surface area contributed by atoms with Crippen molar-refractivity contribution in [1.82, 2.24) is 5.32 Å². The highest BCUT2D eigenvalue weighted by Crippen LogP contribution is 2.16. The van der Waals surface area contributed by atoms with E-state index in [2.05, 4.69) is 17.2 Å². The van der Waals surface area contributed by atoms with Crippen molar-refractivity contribution in [1.29, 1.82) is 0 Å². The van der Waals surface area contributed by atoms with Crippen molar-refractivity contribution in [2.75, 3.05) is 18.5 Å². The molecule has 1 aromatic rings. The van der Waals surface area contributed by atoms with E-state index in [9.17, 15) is 9.59 Å². The summed E-state index contributed by atoms with van der Waals surface area (Å²) in [6.45, 7) is 5.57. The normalized spacial score (nSPS) is 11.2. The number of nitrogens with one attached hydrogen (secondary N) is 2. The van der Waals surface area contributed by atoms with Crippen LogP contribution in [0.5, 0.6) is 5.75 Å². The zero-order valence-corrected chi connectivity index (χ0v) is 11.4. The summed E-state index contributed by atoms with van der Waals surface area (Å²) in [7, 11) is 0. The van der Waals surface area contributed by atoms with Gasteiger partial charge in [-0.3, -0.25) is 9.59 Å². The van der Waals surface area contributed by atoms with E-state index in [4.69, 9.17) is 10.5 Å². The number of primary amides is 1. The second-order valence-corrected chi connectivity index (χ2v) is 4.18. The summed E-state index contributed by atoms with van der Waals surface area (Å²) < 4.78 is 5.14. The predicted octanol–water partition coefficient (Wildman–Crippen LogP) is 0.653. The van der Waals surface area contributed by atoms with Crippen molar-refractivity contribution in [2.45, 2.75) is 13.0 Å². The molecule has 6 heteroatoms. The molecule has 0 bridgehead atoms. The van der Waals surface area contributed by atoms with E-state index in [1.807, 2.05) is 0 Å². The van der Waals surface area contributed by atoms with Gasteiger partial charge in [-0.1, -0.05) is 6.08 Å². The van der Waals surface area contributed by atoms with Gasteiger partial charge in [0.2, 0.25) is 5.91 Å². The number of carbonyl (C=O) groups excluding carboxylic acids is 2. The molecule has 0 saturated heterocycles. The number of rotatable bonds is 8. The van der Waals surface area contributed by atoms with Crippen LogP contribution in [0.3, 0.4) is 0 Å². The highest BCUT2D eigenvalue weighted by atomic mass is 16.5. The third kappa shape index (κ3) is 5.43. The number of carbonyl (C=O) groups is 2. The quantitative estimate of drug-likeness (QED) is 0.608. The van der Waals surface area contributed by atoms with Gasteiger partial charge in [-0.2, -0.15) is 0 Å². The van der Waals surface area contributed by atoms with Crippen LogP contribution in [-0.2, 0) is 9.59 Å². The monoisotopic (exact) mass is 277 g/mol. The highest BCUT2D eigenvalue weighted by Gasteiger charge is 2.11. The fraction of sp³-hybridized carbons (Fsp3) is 0.286. The molecule has 108 valence electrons. The largest absolute Gasteiger partial charge is 0.484 e. The maximum atomic E-state index is 11.7. The van der Waals surface area contributed by atoms with Crippen LogP contribution in [0, 0.1) is 0 Å². The summed E-state index contributed by atoms with van der Waals surface area (Å²) in [5, 5.41) is 5.75. The Morgan fingerprint density at radius 3 is 2.60 bits per heavy atom. The lowest BCUT2D eigenvalue weighted by atomic mass is 10.2. The molecule has 0 fully saturated rings. The van der Waals surface area contributed by atoms with Gasteiger partial charge in [0.05, 0.1) is 0 Å². The SMILES string of the molecule is C=CCNC(=O)[C@H](C)Nc1ccc(OCC(N)=O)cc1. The molecule has 4 N–H and O–H groups in total. The standard InChI is InChI=1S/C14H19N3O3/c1-3-8-16-14(19)10(2)17-11-4-6-12(7-5-11)20-9-13(15)18/h3-7,10,17H,1,8-9H2,2H3,(H2,15,18)(H,16,19)/t10-/m0/s1. The van der Waals surface area contributed by atoms with Gasteiger partial charge in [0.25, 0.3) is 5.91 Å². The van der Waals surface area contributed by atoms with Gasteiger partial charge < -0.3 is 21.1 Å². The van der Waals surface area contributed by atoms with Crippen LogP contribution in [0.15, 0.2) is 36.9 Å². The maximum absolute atomic E-state index is 11.7. The molecule has 0 aliphatic rings. The smallest absolute Gasteiger partial charge is 0.255 e. The third-order valence-corrected chi connectivity index (χ3v) is 2.43. The Labute approximate surface area is 118 Å². The van der Waals surface area contributed by atoms with E-state index in [0.717, 1.165) is 5.69 Å². The van der Waals surface area contributed by atoms with Crippen molar-refractivity contribution in [3.8, 4) is 5.75 Å². The zero-order valence-electron chi connectivity index (χ0n) is 11.4. The Morgan fingerprint density at radius 1 is 1.40 bits per heavy atom. The molecular formula is C14H19N3O3. The van der Waals surface area contributed by atoms with Gasteiger partial charge in [0.15, 0.2) is 6.61 Å². The summed E-state index contributed by atoms with van der Waals surface area (Å²) in [5.41, 5.74) is 5.76. The number of ether oxygens (including phenoxy) is 1. The molecule has 0 radical (unpaired) electrons. The maximum Gasteiger partial charge on any atom is 0.255 e. The minimum absolute atomic E-state index is 0.112. The molecule has 0 unspecified atom stereocenters. The van der Waals surface area contributed by atoms with Crippen LogP contribution in [0.2, 0.25) is 0 Å². The molecule has 2 amide bonds. The molecule has 1 atom stereocenters. The van der Waals surface area contributed by atoms with Crippen molar-refractivity contribution >= 4 is 17.5 Å². The summed E-state index contributed by atoms with van der Waals surface area (Å²) in [5.74, 6) is -0.100. The number of nitrogens with two attached hydrogens (primary N) is 1. The van der Waals surface area contributed by atoms with E-state index in [-0.39, 0.29) is 18.6 Å².